The first kappa shape index (κ1) is 16.2. The van der Waals surface area contributed by atoms with Crippen molar-refractivity contribution >= 4 is 11.6 Å². The molecule has 4 rings (SSSR count). The quantitative estimate of drug-likeness (QED) is 0.892. The lowest BCUT2D eigenvalue weighted by Gasteiger charge is -2.38. The van der Waals surface area contributed by atoms with Gasteiger partial charge in [-0.05, 0) is 50.8 Å². The number of hydrogen-bond acceptors (Lipinski definition) is 2. The zero-order chi connectivity index (χ0) is 17.7. The molecule has 2 aliphatic rings. The molecule has 132 valence electrons. The summed E-state index contributed by atoms with van der Waals surface area (Å²) in [7, 11) is 0. The Kier molecular flexibility index (Phi) is 3.86. The average molecular weight is 337 g/mol. The van der Waals surface area contributed by atoms with E-state index in [9.17, 15) is 4.79 Å². The van der Waals surface area contributed by atoms with Gasteiger partial charge in [-0.3, -0.25) is 4.79 Å². The zero-order valence-corrected chi connectivity index (χ0v) is 15.5. The summed E-state index contributed by atoms with van der Waals surface area (Å²) in [5, 5.41) is 3.64. The summed E-state index contributed by atoms with van der Waals surface area (Å²) in [5.41, 5.74) is 5.50. The van der Waals surface area contributed by atoms with Gasteiger partial charge in [0, 0.05) is 35.2 Å². The van der Waals surface area contributed by atoms with Gasteiger partial charge in [0.2, 0.25) is 0 Å². The molecule has 1 atom stereocenters. The Hall–Kier alpha value is -2.23. The molecule has 1 aliphatic carbocycles. The van der Waals surface area contributed by atoms with Crippen LogP contribution in [0.25, 0.3) is 0 Å². The number of anilines is 1. The molecule has 0 bridgehead atoms. The van der Waals surface area contributed by atoms with Gasteiger partial charge in [0.05, 0.1) is 5.56 Å². The number of aryl methyl sites for hydroxylation is 1. The van der Waals surface area contributed by atoms with E-state index in [-0.39, 0.29) is 12.1 Å². The van der Waals surface area contributed by atoms with Crippen LogP contribution in [-0.2, 0) is 6.54 Å². The first-order valence-corrected chi connectivity index (χ1v) is 9.32. The summed E-state index contributed by atoms with van der Waals surface area (Å²) < 4.78 is 2.39. The lowest BCUT2D eigenvalue weighted by molar-refractivity contribution is 0.0666. The van der Waals surface area contributed by atoms with Crippen LogP contribution in [0.2, 0.25) is 0 Å². The van der Waals surface area contributed by atoms with Crippen molar-refractivity contribution in [1.29, 1.82) is 0 Å². The molecule has 25 heavy (non-hydrogen) atoms. The highest BCUT2D eigenvalue weighted by molar-refractivity contribution is 6.02. The number of para-hydroxylation sites is 1. The number of carbonyl (C=O) groups excluding carboxylic acids is 1. The minimum atomic E-state index is -0.0676. The Morgan fingerprint density at radius 2 is 1.92 bits per heavy atom. The van der Waals surface area contributed by atoms with E-state index in [1.54, 1.807) is 0 Å². The standard InChI is InChI=1S/C21H27N3O/c1-13(2)12-23-14(3)11-18(15(23)4)20-22-19-8-6-5-7-17(19)21(25)24(20)16-9-10-16/h5-8,11,13,16,20,22H,9-10,12H2,1-4H3/t20-/m1/s1. The molecule has 1 amide bonds. The number of amides is 1. The Morgan fingerprint density at radius 3 is 2.60 bits per heavy atom. The SMILES string of the molecule is Cc1cc([C@@H]2Nc3ccccc3C(=O)N2C2CC2)c(C)n1CC(C)C. The van der Waals surface area contributed by atoms with Crippen LogP contribution < -0.4 is 5.32 Å². The van der Waals surface area contributed by atoms with Gasteiger partial charge < -0.3 is 14.8 Å². The van der Waals surface area contributed by atoms with Crippen molar-refractivity contribution in [2.75, 3.05) is 5.32 Å². The van der Waals surface area contributed by atoms with E-state index < -0.39 is 0 Å². The van der Waals surface area contributed by atoms with Crippen LogP contribution in [0, 0.1) is 19.8 Å². The van der Waals surface area contributed by atoms with E-state index in [1.165, 1.54) is 17.0 Å². The molecule has 2 heterocycles. The Labute approximate surface area is 149 Å². The van der Waals surface area contributed by atoms with Gasteiger partial charge in [0.15, 0.2) is 0 Å². The van der Waals surface area contributed by atoms with E-state index in [2.05, 4.69) is 48.5 Å². The summed E-state index contributed by atoms with van der Waals surface area (Å²) in [6.07, 6.45) is 2.15. The highest BCUT2D eigenvalue weighted by atomic mass is 16.2. The largest absolute Gasteiger partial charge is 0.361 e. The van der Waals surface area contributed by atoms with Crippen LogP contribution in [0.15, 0.2) is 30.3 Å². The molecule has 1 N–H and O–H groups in total. The molecule has 0 unspecified atom stereocenters. The van der Waals surface area contributed by atoms with E-state index >= 15 is 0 Å². The second-order valence-electron chi connectivity index (χ2n) is 7.87. The van der Waals surface area contributed by atoms with Crippen LogP contribution in [-0.4, -0.2) is 21.4 Å². The van der Waals surface area contributed by atoms with E-state index in [0.717, 1.165) is 30.6 Å². The fourth-order valence-corrected chi connectivity index (χ4v) is 3.98. The molecule has 1 aromatic carbocycles. The molecule has 1 saturated carbocycles. The first-order chi connectivity index (χ1) is 12.0. The Bertz CT molecular complexity index is 817. The van der Waals surface area contributed by atoms with Crippen molar-refractivity contribution in [2.45, 2.75) is 59.3 Å². The van der Waals surface area contributed by atoms with Crippen LogP contribution in [0.1, 0.15) is 60.2 Å². The normalized spacial score (nSPS) is 20.0. The summed E-state index contributed by atoms with van der Waals surface area (Å²) in [5.74, 6) is 0.759. The fraction of sp³-hybridized carbons (Fsp3) is 0.476. The number of nitrogens with zero attached hydrogens (tertiary/aromatic N) is 2. The topological polar surface area (TPSA) is 37.3 Å². The molecule has 0 radical (unpaired) electrons. The van der Waals surface area contributed by atoms with Crippen LogP contribution in [0.3, 0.4) is 0 Å². The van der Waals surface area contributed by atoms with Crippen molar-refractivity contribution in [2.24, 2.45) is 5.92 Å². The third kappa shape index (κ3) is 2.74. The number of aromatic nitrogens is 1. The van der Waals surface area contributed by atoms with Crippen molar-refractivity contribution in [1.82, 2.24) is 9.47 Å². The lowest BCUT2D eigenvalue weighted by atomic mass is 10.0. The molecule has 4 nitrogen and oxygen atoms in total. The second-order valence-corrected chi connectivity index (χ2v) is 7.87. The number of fused-ring (bicyclic) bond motifs is 1. The minimum absolute atomic E-state index is 0.0676. The van der Waals surface area contributed by atoms with Gasteiger partial charge in [0.25, 0.3) is 5.91 Å². The summed E-state index contributed by atoms with van der Waals surface area (Å²) >= 11 is 0. The Balaban J connectivity index is 1.78. The lowest BCUT2D eigenvalue weighted by Crippen LogP contribution is -2.44. The van der Waals surface area contributed by atoms with Gasteiger partial charge in [-0.1, -0.05) is 26.0 Å². The maximum Gasteiger partial charge on any atom is 0.258 e. The maximum absolute atomic E-state index is 13.1. The molecular formula is C21H27N3O. The zero-order valence-electron chi connectivity index (χ0n) is 15.5. The summed E-state index contributed by atoms with van der Waals surface area (Å²) in [6, 6.07) is 10.5. The van der Waals surface area contributed by atoms with E-state index in [4.69, 9.17) is 0 Å². The molecule has 0 saturated heterocycles. The number of rotatable bonds is 4. The van der Waals surface area contributed by atoms with Crippen molar-refractivity contribution in [3.8, 4) is 0 Å². The number of hydrogen-bond donors (Lipinski definition) is 1. The van der Waals surface area contributed by atoms with E-state index in [0.29, 0.717) is 12.0 Å². The number of nitrogens with one attached hydrogen (secondary N) is 1. The summed E-state index contributed by atoms with van der Waals surface area (Å²) in [4.78, 5) is 15.2. The van der Waals surface area contributed by atoms with Gasteiger partial charge >= 0.3 is 0 Å². The smallest absolute Gasteiger partial charge is 0.258 e. The maximum atomic E-state index is 13.1. The minimum Gasteiger partial charge on any atom is -0.361 e. The first-order valence-electron chi connectivity index (χ1n) is 9.32. The van der Waals surface area contributed by atoms with Crippen LogP contribution in [0.4, 0.5) is 5.69 Å². The van der Waals surface area contributed by atoms with Gasteiger partial charge in [-0.25, -0.2) is 0 Å². The third-order valence-corrected chi connectivity index (χ3v) is 5.36. The highest BCUT2D eigenvalue weighted by Gasteiger charge is 2.42. The molecule has 1 aromatic heterocycles. The molecule has 1 aliphatic heterocycles. The number of benzene rings is 1. The average Bonchev–Trinajstić information content (AvgIpc) is 3.37. The molecule has 1 fully saturated rings. The van der Waals surface area contributed by atoms with Gasteiger partial charge in [0.1, 0.15) is 6.17 Å². The second kappa shape index (κ2) is 5.94. The Morgan fingerprint density at radius 1 is 1.20 bits per heavy atom. The highest BCUT2D eigenvalue weighted by Crippen LogP contribution is 2.42. The monoisotopic (exact) mass is 337 g/mol. The fourth-order valence-electron chi connectivity index (χ4n) is 3.98. The summed E-state index contributed by atoms with van der Waals surface area (Å²) in [6.45, 7) is 9.85. The van der Waals surface area contributed by atoms with Crippen LogP contribution in [0.5, 0.6) is 0 Å². The predicted octanol–water partition coefficient (Wildman–Crippen LogP) is 4.49. The predicted molar refractivity (Wildman–Crippen MR) is 101 cm³/mol. The van der Waals surface area contributed by atoms with Crippen molar-refractivity contribution in [3.05, 3.63) is 52.8 Å². The molecule has 2 aromatic rings. The van der Waals surface area contributed by atoms with Gasteiger partial charge in [-0.15, -0.1) is 0 Å². The molecule has 0 spiro atoms. The number of carbonyl (C=O) groups is 1. The van der Waals surface area contributed by atoms with E-state index in [1.807, 2.05) is 24.3 Å². The molecule has 4 heteroatoms. The van der Waals surface area contributed by atoms with Gasteiger partial charge in [-0.2, -0.15) is 0 Å². The van der Waals surface area contributed by atoms with Crippen LogP contribution >= 0.6 is 0 Å². The molecular weight excluding hydrogens is 310 g/mol. The third-order valence-electron chi connectivity index (χ3n) is 5.36. The van der Waals surface area contributed by atoms with Crippen molar-refractivity contribution < 1.29 is 4.79 Å². The van der Waals surface area contributed by atoms with Crippen molar-refractivity contribution in [3.63, 3.8) is 0 Å².